The van der Waals surface area contributed by atoms with Gasteiger partial charge in [0.2, 0.25) is 0 Å². The molecule has 1 heterocycles. The van der Waals surface area contributed by atoms with Crippen LogP contribution >= 0.6 is 0 Å². The van der Waals surface area contributed by atoms with Gasteiger partial charge in [-0.2, -0.15) is 0 Å². The minimum absolute atomic E-state index is 0.158. The Balaban J connectivity index is 2.49. The third kappa shape index (κ3) is 2.67. The molecule has 4 heteroatoms. The molecule has 1 aliphatic rings. The van der Waals surface area contributed by atoms with E-state index in [9.17, 15) is 0 Å². The molecule has 4 nitrogen and oxygen atoms in total. The van der Waals surface area contributed by atoms with Gasteiger partial charge in [0.05, 0.1) is 5.84 Å². The number of nitrogens with two attached hydrogens (primary N) is 1. The Morgan fingerprint density at radius 3 is 2.85 bits per heavy atom. The number of hydrogen-bond acceptors (Lipinski definition) is 3. The van der Waals surface area contributed by atoms with E-state index in [1.54, 1.807) is 0 Å². The van der Waals surface area contributed by atoms with Gasteiger partial charge >= 0.3 is 0 Å². The number of likely N-dealkylation sites (tertiary alicyclic amines) is 1. The highest BCUT2D eigenvalue weighted by Gasteiger charge is 2.21. The smallest absolute Gasteiger partial charge is 0.0960 e. The van der Waals surface area contributed by atoms with Gasteiger partial charge in [0.1, 0.15) is 0 Å². The number of rotatable bonds is 4. The molecule has 1 fully saturated rings. The maximum atomic E-state index is 8.83. The first-order valence-corrected chi connectivity index (χ1v) is 4.94. The summed E-state index contributed by atoms with van der Waals surface area (Å²) < 4.78 is 0. The third-order valence-electron chi connectivity index (χ3n) is 2.58. The van der Waals surface area contributed by atoms with Crippen LogP contribution in [-0.2, 0) is 0 Å². The fourth-order valence-corrected chi connectivity index (χ4v) is 1.81. The molecule has 0 spiro atoms. The van der Waals surface area contributed by atoms with Gasteiger partial charge in [0.15, 0.2) is 0 Å². The predicted molar refractivity (Wildman–Crippen MR) is 52.8 cm³/mol. The van der Waals surface area contributed by atoms with Gasteiger partial charge < -0.3 is 15.7 Å². The molecular weight excluding hydrogens is 166 g/mol. The number of amidine groups is 1. The Morgan fingerprint density at radius 1 is 1.54 bits per heavy atom. The SMILES string of the molecule is N=C1CCCCN1C(CN)CCO. The first-order valence-electron chi connectivity index (χ1n) is 4.94. The van der Waals surface area contributed by atoms with Crippen molar-refractivity contribution in [3.05, 3.63) is 0 Å². The molecule has 0 aromatic carbocycles. The molecule has 1 unspecified atom stereocenters. The summed E-state index contributed by atoms with van der Waals surface area (Å²) in [6, 6.07) is 0.165. The Labute approximate surface area is 79.2 Å². The lowest BCUT2D eigenvalue weighted by Crippen LogP contribution is -2.47. The molecule has 0 aromatic heterocycles. The summed E-state index contributed by atoms with van der Waals surface area (Å²) >= 11 is 0. The molecule has 1 rings (SSSR count). The second-order valence-corrected chi connectivity index (χ2v) is 3.50. The lowest BCUT2D eigenvalue weighted by Gasteiger charge is -2.35. The summed E-state index contributed by atoms with van der Waals surface area (Å²) in [5.41, 5.74) is 5.60. The summed E-state index contributed by atoms with van der Waals surface area (Å²) in [6.07, 6.45) is 3.80. The Hall–Kier alpha value is -0.610. The van der Waals surface area contributed by atoms with Gasteiger partial charge in [-0.05, 0) is 19.3 Å². The van der Waals surface area contributed by atoms with E-state index in [4.69, 9.17) is 16.2 Å². The van der Waals surface area contributed by atoms with Gasteiger partial charge in [-0.25, -0.2) is 0 Å². The first kappa shape index (κ1) is 10.5. The fourth-order valence-electron chi connectivity index (χ4n) is 1.81. The molecule has 0 aliphatic carbocycles. The molecule has 76 valence electrons. The van der Waals surface area contributed by atoms with Crippen molar-refractivity contribution in [3.63, 3.8) is 0 Å². The number of aliphatic hydroxyl groups is 1. The molecule has 13 heavy (non-hydrogen) atoms. The van der Waals surface area contributed by atoms with Crippen molar-refractivity contribution >= 4 is 5.84 Å². The van der Waals surface area contributed by atoms with Crippen LogP contribution in [0.25, 0.3) is 0 Å². The van der Waals surface area contributed by atoms with E-state index in [-0.39, 0.29) is 12.6 Å². The Bertz CT molecular complexity index is 172. The molecule has 0 radical (unpaired) electrons. The average molecular weight is 185 g/mol. The molecule has 1 aliphatic heterocycles. The maximum absolute atomic E-state index is 8.83. The van der Waals surface area contributed by atoms with Crippen LogP contribution in [-0.4, -0.2) is 41.6 Å². The number of piperidine rings is 1. The maximum Gasteiger partial charge on any atom is 0.0960 e. The lowest BCUT2D eigenvalue weighted by atomic mass is 10.1. The number of nitrogens with zero attached hydrogens (tertiary/aromatic N) is 1. The molecular formula is C9H19N3O. The second kappa shape index (κ2) is 5.19. The lowest BCUT2D eigenvalue weighted by molar-refractivity contribution is 0.210. The van der Waals surface area contributed by atoms with E-state index in [1.165, 1.54) is 0 Å². The van der Waals surface area contributed by atoms with E-state index >= 15 is 0 Å². The van der Waals surface area contributed by atoms with Gasteiger partial charge in [-0.3, -0.25) is 5.41 Å². The summed E-state index contributed by atoms with van der Waals surface area (Å²) in [5, 5.41) is 16.6. The van der Waals surface area contributed by atoms with E-state index in [1.807, 2.05) is 4.90 Å². The quantitative estimate of drug-likeness (QED) is 0.584. The average Bonchev–Trinajstić information content (AvgIpc) is 2.16. The highest BCUT2D eigenvalue weighted by molar-refractivity contribution is 5.80. The van der Waals surface area contributed by atoms with Gasteiger partial charge in [-0.1, -0.05) is 0 Å². The van der Waals surface area contributed by atoms with Gasteiger partial charge in [0.25, 0.3) is 0 Å². The third-order valence-corrected chi connectivity index (χ3v) is 2.58. The second-order valence-electron chi connectivity index (χ2n) is 3.50. The van der Waals surface area contributed by atoms with Crippen molar-refractivity contribution in [2.24, 2.45) is 5.73 Å². The first-order chi connectivity index (χ1) is 6.29. The zero-order valence-electron chi connectivity index (χ0n) is 8.00. The minimum Gasteiger partial charge on any atom is -0.396 e. The monoisotopic (exact) mass is 185 g/mol. The zero-order valence-corrected chi connectivity index (χ0v) is 8.00. The van der Waals surface area contributed by atoms with Crippen LogP contribution in [0.1, 0.15) is 25.7 Å². The van der Waals surface area contributed by atoms with Crippen LogP contribution in [0.3, 0.4) is 0 Å². The molecule has 0 saturated carbocycles. The van der Waals surface area contributed by atoms with Crippen molar-refractivity contribution in [2.45, 2.75) is 31.7 Å². The molecule has 4 N–H and O–H groups in total. The molecule has 0 aromatic rings. The molecule has 0 amide bonds. The molecule has 0 bridgehead atoms. The topological polar surface area (TPSA) is 73.3 Å². The van der Waals surface area contributed by atoms with Crippen LogP contribution in [0.2, 0.25) is 0 Å². The van der Waals surface area contributed by atoms with Crippen molar-refractivity contribution in [1.82, 2.24) is 4.90 Å². The van der Waals surface area contributed by atoms with Crippen molar-refractivity contribution in [2.75, 3.05) is 19.7 Å². The highest BCUT2D eigenvalue weighted by atomic mass is 16.3. The van der Waals surface area contributed by atoms with Crippen LogP contribution in [0.4, 0.5) is 0 Å². The fraction of sp³-hybridized carbons (Fsp3) is 0.889. The van der Waals surface area contributed by atoms with E-state index < -0.39 is 0 Å². The van der Waals surface area contributed by atoms with Crippen molar-refractivity contribution in [1.29, 1.82) is 5.41 Å². The normalized spacial score (nSPS) is 20.5. The van der Waals surface area contributed by atoms with Crippen LogP contribution in [0, 0.1) is 5.41 Å². The van der Waals surface area contributed by atoms with Gasteiger partial charge in [0, 0.05) is 32.2 Å². The van der Waals surface area contributed by atoms with E-state index in [0.29, 0.717) is 18.8 Å². The molecule has 1 atom stereocenters. The minimum atomic E-state index is 0.158. The number of hydrogen-bond donors (Lipinski definition) is 3. The van der Waals surface area contributed by atoms with Crippen LogP contribution < -0.4 is 5.73 Å². The van der Waals surface area contributed by atoms with E-state index in [2.05, 4.69) is 0 Å². The Kier molecular flexibility index (Phi) is 4.18. The summed E-state index contributed by atoms with van der Waals surface area (Å²) in [5.74, 6) is 0.690. The zero-order chi connectivity index (χ0) is 9.68. The predicted octanol–water partition coefficient (Wildman–Crippen LogP) is 0.159. The number of nitrogens with one attached hydrogen (secondary N) is 1. The van der Waals surface area contributed by atoms with Crippen molar-refractivity contribution in [3.8, 4) is 0 Å². The summed E-state index contributed by atoms with van der Waals surface area (Å²) in [6.45, 7) is 1.62. The Morgan fingerprint density at radius 2 is 2.31 bits per heavy atom. The highest BCUT2D eigenvalue weighted by Crippen LogP contribution is 2.15. The largest absolute Gasteiger partial charge is 0.396 e. The van der Waals surface area contributed by atoms with E-state index in [0.717, 1.165) is 25.8 Å². The van der Waals surface area contributed by atoms with Crippen LogP contribution in [0.5, 0.6) is 0 Å². The van der Waals surface area contributed by atoms with Gasteiger partial charge in [-0.15, -0.1) is 0 Å². The summed E-state index contributed by atoms with van der Waals surface area (Å²) in [4.78, 5) is 2.04. The number of aliphatic hydroxyl groups excluding tert-OH is 1. The standard InChI is InChI=1S/C9H19N3O/c10-7-8(4-6-13)12-5-2-1-3-9(12)11/h8,11,13H,1-7,10H2. The molecule has 1 saturated heterocycles. The van der Waals surface area contributed by atoms with Crippen LogP contribution in [0.15, 0.2) is 0 Å². The summed E-state index contributed by atoms with van der Waals surface area (Å²) in [7, 11) is 0. The van der Waals surface area contributed by atoms with Crippen molar-refractivity contribution < 1.29 is 5.11 Å².